The van der Waals surface area contributed by atoms with E-state index in [1.165, 1.54) is 0 Å². The molecule has 0 unspecified atom stereocenters. The molecule has 5 heteroatoms. The highest BCUT2D eigenvalue weighted by atomic mass is 32.1. The summed E-state index contributed by atoms with van der Waals surface area (Å²) < 4.78 is 0. The molecule has 0 heterocycles. The Hall–Kier alpha value is -1.75. The molecule has 4 nitrogen and oxygen atoms in total. The lowest BCUT2D eigenvalue weighted by atomic mass is 9.86. The number of rotatable bonds is 1. The maximum atomic E-state index is 12.4. The van der Waals surface area contributed by atoms with Crippen LogP contribution in [0.25, 0.3) is 0 Å². The van der Waals surface area contributed by atoms with Crippen LogP contribution in [0, 0.1) is 0 Å². The van der Waals surface area contributed by atoms with Crippen LogP contribution in [-0.4, -0.2) is 35.6 Å². The van der Waals surface area contributed by atoms with Crippen molar-refractivity contribution in [3.8, 4) is 0 Å². The second kappa shape index (κ2) is 4.74. The van der Waals surface area contributed by atoms with Gasteiger partial charge >= 0.3 is 0 Å². The van der Waals surface area contributed by atoms with Crippen molar-refractivity contribution in [2.24, 2.45) is 5.10 Å². The molecule has 0 radical (unpaired) electrons. The fourth-order valence-corrected chi connectivity index (χ4v) is 2.14. The summed E-state index contributed by atoms with van der Waals surface area (Å²) in [4.78, 5) is 14.2. The van der Waals surface area contributed by atoms with E-state index in [0.717, 1.165) is 11.1 Å². The van der Waals surface area contributed by atoms with E-state index in [1.54, 1.807) is 4.90 Å². The molecule has 1 aromatic carbocycles. The number of hydrogen-bond acceptors (Lipinski definition) is 3. The Labute approximate surface area is 118 Å². The lowest BCUT2D eigenvalue weighted by Gasteiger charge is -2.15. The van der Waals surface area contributed by atoms with E-state index < -0.39 is 5.41 Å². The number of hydrazone groups is 1. The SMILES string of the molecule is CN(C)C(=S)N/N=C1\C(=O)C(C)(C)c2ccccc21. The first kappa shape index (κ1) is 13.7. The number of Topliss-reactive ketones (excluding diaryl/α,β-unsaturated/α-hetero) is 1. The molecule has 0 amide bonds. The summed E-state index contributed by atoms with van der Waals surface area (Å²) in [5, 5.41) is 4.67. The molecule has 1 N–H and O–H groups in total. The molecule has 0 spiro atoms. The third-order valence-corrected chi connectivity index (χ3v) is 3.76. The Morgan fingerprint density at radius 3 is 2.58 bits per heavy atom. The first-order valence-corrected chi connectivity index (χ1v) is 6.46. The van der Waals surface area contributed by atoms with Crippen molar-refractivity contribution in [1.82, 2.24) is 10.3 Å². The molecule has 0 saturated heterocycles. The highest BCUT2D eigenvalue weighted by Gasteiger charge is 2.42. The average molecular weight is 275 g/mol. The molecule has 1 aromatic rings. The van der Waals surface area contributed by atoms with Crippen molar-refractivity contribution < 1.29 is 4.79 Å². The predicted molar refractivity (Wildman–Crippen MR) is 80.4 cm³/mol. The van der Waals surface area contributed by atoms with Crippen molar-refractivity contribution in [1.29, 1.82) is 0 Å². The van der Waals surface area contributed by atoms with Crippen molar-refractivity contribution in [3.63, 3.8) is 0 Å². The number of thiocarbonyl (C=S) groups is 1. The van der Waals surface area contributed by atoms with Gasteiger partial charge in [-0.05, 0) is 31.6 Å². The molecule has 0 fully saturated rings. The van der Waals surface area contributed by atoms with Gasteiger partial charge in [-0.25, -0.2) is 0 Å². The van der Waals surface area contributed by atoms with Crippen LogP contribution in [0.3, 0.4) is 0 Å². The number of nitrogens with one attached hydrogen (secondary N) is 1. The van der Waals surface area contributed by atoms with E-state index in [9.17, 15) is 4.79 Å². The van der Waals surface area contributed by atoms with E-state index in [1.807, 2.05) is 52.2 Å². The number of ketones is 1. The molecule has 0 aliphatic heterocycles. The Morgan fingerprint density at radius 1 is 1.32 bits per heavy atom. The Balaban J connectivity index is 2.40. The van der Waals surface area contributed by atoms with E-state index in [0.29, 0.717) is 10.8 Å². The quantitative estimate of drug-likeness (QED) is 0.626. The molecule has 2 rings (SSSR count). The molecule has 1 aliphatic carbocycles. The van der Waals surface area contributed by atoms with Crippen LogP contribution in [0.2, 0.25) is 0 Å². The van der Waals surface area contributed by atoms with Crippen LogP contribution >= 0.6 is 12.2 Å². The van der Waals surface area contributed by atoms with Gasteiger partial charge in [0, 0.05) is 19.7 Å². The van der Waals surface area contributed by atoms with Gasteiger partial charge in [-0.3, -0.25) is 10.2 Å². The van der Waals surface area contributed by atoms with Crippen molar-refractivity contribution in [2.75, 3.05) is 14.1 Å². The second-order valence-corrected chi connectivity index (χ2v) is 5.66. The second-order valence-electron chi connectivity index (χ2n) is 5.27. The summed E-state index contributed by atoms with van der Waals surface area (Å²) >= 11 is 5.10. The zero-order valence-electron chi connectivity index (χ0n) is 11.5. The Bertz CT molecular complexity index is 576. The summed E-state index contributed by atoms with van der Waals surface area (Å²) in [5.74, 6) is 0.0164. The van der Waals surface area contributed by atoms with Gasteiger partial charge < -0.3 is 4.90 Å². The van der Waals surface area contributed by atoms with Gasteiger partial charge in [0.25, 0.3) is 0 Å². The number of carbonyl (C=O) groups is 1. The smallest absolute Gasteiger partial charge is 0.193 e. The third kappa shape index (κ3) is 2.26. The zero-order valence-corrected chi connectivity index (χ0v) is 12.3. The maximum absolute atomic E-state index is 12.4. The van der Waals surface area contributed by atoms with Crippen LogP contribution in [0.1, 0.15) is 25.0 Å². The summed E-state index contributed by atoms with van der Waals surface area (Å²) in [6.45, 7) is 3.84. The van der Waals surface area contributed by atoms with Gasteiger partial charge in [0.2, 0.25) is 0 Å². The van der Waals surface area contributed by atoms with Crippen LogP contribution in [0.5, 0.6) is 0 Å². The fourth-order valence-electron chi connectivity index (χ4n) is 2.09. The highest BCUT2D eigenvalue weighted by molar-refractivity contribution is 7.80. The summed E-state index contributed by atoms with van der Waals surface area (Å²) in [7, 11) is 3.65. The fraction of sp³-hybridized carbons (Fsp3) is 0.357. The molecule has 19 heavy (non-hydrogen) atoms. The predicted octanol–water partition coefficient (Wildman–Crippen LogP) is 1.69. The topological polar surface area (TPSA) is 44.7 Å². The minimum Gasteiger partial charge on any atom is -0.354 e. The van der Waals surface area contributed by atoms with Crippen molar-refractivity contribution in [2.45, 2.75) is 19.3 Å². The van der Waals surface area contributed by atoms with E-state index in [4.69, 9.17) is 12.2 Å². The Kier molecular flexibility index (Phi) is 3.41. The third-order valence-electron chi connectivity index (χ3n) is 3.31. The van der Waals surface area contributed by atoms with Crippen LogP contribution < -0.4 is 5.43 Å². The molecule has 0 atom stereocenters. The van der Waals surface area contributed by atoms with Gasteiger partial charge in [0.15, 0.2) is 10.9 Å². The van der Waals surface area contributed by atoms with E-state index >= 15 is 0 Å². The van der Waals surface area contributed by atoms with Crippen LogP contribution in [0.15, 0.2) is 29.4 Å². The molecule has 0 bridgehead atoms. The maximum Gasteiger partial charge on any atom is 0.193 e. The van der Waals surface area contributed by atoms with Gasteiger partial charge in [-0.15, -0.1) is 0 Å². The molecule has 0 saturated carbocycles. The normalized spacial score (nSPS) is 18.3. The minimum atomic E-state index is -0.531. The largest absolute Gasteiger partial charge is 0.354 e. The summed E-state index contributed by atoms with van der Waals surface area (Å²) in [5.41, 5.74) is 4.57. The number of hydrogen-bond donors (Lipinski definition) is 1. The molecule has 0 aromatic heterocycles. The summed E-state index contributed by atoms with van der Waals surface area (Å²) in [6, 6.07) is 7.74. The lowest BCUT2D eigenvalue weighted by Crippen LogP contribution is -2.33. The molecular formula is C14H17N3OS. The van der Waals surface area contributed by atoms with E-state index in [-0.39, 0.29) is 5.78 Å². The van der Waals surface area contributed by atoms with E-state index in [2.05, 4.69) is 10.5 Å². The number of nitrogens with zero attached hydrogens (tertiary/aromatic N) is 2. The first-order valence-electron chi connectivity index (χ1n) is 6.05. The van der Waals surface area contributed by atoms with Gasteiger partial charge in [-0.1, -0.05) is 24.3 Å². The standard InChI is InChI=1S/C14H17N3OS/c1-14(2)10-8-6-5-7-9(10)11(12(14)18)15-16-13(19)17(3)4/h5-8H,1-4H3,(H,16,19)/b15-11-. The number of benzene rings is 1. The average Bonchev–Trinajstić information content (AvgIpc) is 2.56. The summed E-state index contributed by atoms with van der Waals surface area (Å²) in [6.07, 6.45) is 0. The number of fused-ring (bicyclic) bond motifs is 1. The molecule has 1 aliphatic rings. The van der Waals surface area contributed by atoms with Crippen LogP contribution in [-0.2, 0) is 10.2 Å². The minimum absolute atomic E-state index is 0.0164. The Morgan fingerprint density at radius 2 is 1.95 bits per heavy atom. The molecule has 100 valence electrons. The first-order chi connectivity index (χ1) is 8.85. The number of carbonyl (C=O) groups excluding carboxylic acids is 1. The van der Waals surface area contributed by atoms with Crippen molar-refractivity contribution >= 4 is 28.8 Å². The van der Waals surface area contributed by atoms with Crippen molar-refractivity contribution in [3.05, 3.63) is 35.4 Å². The lowest BCUT2D eigenvalue weighted by molar-refractivity contribution is -0.116. The highest BCUT2D eigenvalue weighted by Crippen LogP contribution is 2.35. The van der Waals surface area contributed by atoms with Gasteiger partial charge in [0.1, 0.15) is 5.71 Å². The monoisotopic (exact) mass is 275 g/mol. The van der Waals surface area contributed by atoms with Crippen LogP contribution in [0.4, 0.5) is 0 Å². The van der Waals surface area contributed by atoms with Gasteiger partial charge in [0.05, 0.1) is 5.41 Å². The molecular weight excluding hydrogens is 258 g/mol. The zero-order chi connectivity index (χ0) is 14.2. The van der Waals surface area contributed by atoms with Gasteiger partial charge in [-0.2, -0.15) is 5.10 Å².